The van der Waals surface area contributed by atoms with E-state index in [1.165, 1.54) is 124 Å². The van der Waals surface area contributed by atoms with Crippen LogP contribution in [0.5, 0.6) is 0 Å². The molecule has 3 aliphatic rings. The number of hydrogen-bond donors (Lipinski definition) is 0. The lowest BCUT2D eigenvalue weighted by atomic mass is 9.36. The van der Waals surface area contributed by atoms with Gasteiger partial charge in [-0.2, -0.15) is 0 Å². The Bertz CT molecular complexity index is 3720. The number of hydrogen-bond acceptors (Lipinski definition) is 2. The molecule has 10 aromatic carbocycles. The van der Waals surface area contributed by atoms with Gasteiger partial charge in [-0.1, -0.05) is 250 Å². The van der Waals surface area contributed by atoms with Crippen LogP contribution in [0.1, 0.15) is 57.2 Å². The van der Waals surface area contributed by atoms with E-state index in [0.29, 0.717) is 0 Å². The maximum atomic E-state index is 2.54. The van der Waals surface area contributed by atoms with Crippen LogP contribution in [0.25, 0.3) is 65.7 Å². The van der Waals surface area contributed by atoms with Gasteiger partial charge < -0.3 is 0 Å². The Balaban J connectivity index is 0.992. The zero-order chi connectivity index (χ0) is 46.4. The van der Waals surface area contributed by atoms with Gasteiger partial charge in [0, 0.05) is 30.4 Å². The molecular formula is C66H51BS2. The summed E-state index contributed by atoms with van der Waals surface area (Å²) in [4.78, 5) is 5.44. The van der Waals surface area contributed by atoms with Gasteiger partial charge in [0.05, 0.1) is 0 Å². The first kappa shape index (κ1) is 42.3. The average Bonchev–Trinajstić information content (AvgIpc) is 3.40. The molecule has 0 saturated carbocycles. The number of allylic oxidation sites excluding steroid dienone is 4. The summed E-state index contributed by atoms with van der Waals surface area (Å²) in [6, 6.07) is 73.7. The van der Waals surface area contributed by atoms with Crippen molar-refractivity contribution in [1.82, 2.24) is 0 Å². The quantitative estimate of drug-likeness (QED) is 0.115. The third kappa shape index (κ3) is 6.92. The molecule has 0 nitrogen and oxygen atoms in total. The lowest BCUT2D eigenvalue weighted by Gasteiger charge is -2.36. The van der Waals surface area contributed by atoms with Crippen LogP contribution in [-0.4, -0.2) is 6.71 Å². The van der Waals surface area contributed by atoms with Crippen LogP contribution in [0.15, 0.2) is 238 Å². The minimum Gasteiger partial charge on any atom is -0.0911 e. The Kier molecular flexibility index (Phi) is 10.1. The number of rotatable bonds is 7. The molecule has 13 rings (SSSR count). The van der Waals surface area contributed by atoms with Gasteiger partial charge in [0.2, 0.25) is 6.71 Å². The summed E-state index contributed by atoms with van der Waals surface area (Å²) >= 11 is 3.94. The average molecular weight is 919 g/mol. The van der Waals surface area contributed by atoms with Crippen molar-refractivity contribution in [3.63, 3.8) is 0 Å². The Morgan fingerprint density at radius 3 is 1.52 bits per heavy atom. The first-order valence-electron chi connectivity index (χ1n) is 24.5. The molecule has 0 unspecified atom stereocenters. The third-order valence-corrected chi connectivity index (χ3v) is 17.9. The fourth-order valence-electron chi connectivity index (χ4n) is 11.7. The van der Waals surface area contributed by atoms with Crippen LogP contribution in [0.3, 0.4) is 0 Å². The molecule has 2 heterocycles. The van der Waals surface area contributed by atoms with Crippen LogP contribution in [0, 0.1) is 0 Å². The van der Waals surface area contributed by atoms with Crippen LogP contribution in [-0.2, 0) is 10.8 Å². The molecule has 1 aliphatic carbocycles. The van der Waals surface area contributed by atoms with E-state index >= 15 is 0 Å². The highest BCUT2D eigenvalue weighted by Crippen LogP contribution is 2.48. The van der Waals surface area contributed by atoms with E-state index in [2.05, 4.69) is 240 Å². The van der Waals surface area contributed by atoms with Crippen molar-refractivity contribution in [1.29, 1.82) is 0 Å². The molecule has 0 saturated heterocycles. The first-order valence-corrected chi connectivity index (χ1v) is 26.1. The molecule has 2 aliphatic heterocycles. The van der Waals surface area contributed by atoms with Gasteiger partial charge in [-0.3, -0.25) is 0 Å². The molecule has 0 aromatic heterocycles. The highest BCUT2D eigenvalue weighted by Gasteiger charge is 2.40. The summed E-state index contributed by atoms with van der Waals surface area (Å²) < 4.78 is 0. The first-order chi connectivity index (χ1) is 33.7. The fraction of sp³-hybridized carbons (Fsp3) is 0.121. The zero-order valence-electron chi connectivity index (χ0n) is 39.5. The van der Waals surface area contributed by atoms with Gasteiger partial charge >= 0.3 is 0 Å². The van der Waals surface area contributed by atoms with E-state index in [0.717, 1.165) is 12.8 Å². The number of benzene rings is 10. The lowest BCUT2D eigenvalue weighted by Crippen LogP contribution is -2.58. The minimum atomic E-state index is -0.150. The van der Waals surface area contributed by atoms with Gasteiger partial charge in [0.1, 0.15) is 0 Å². The van der Waals surface area contributed by atoms with Gasteiger partial charge in [0.15, 0.2) is 0 Å². The summed E-state index contributed by atoms with van der Waals surface area (Å²) in [6.45, 7) is 9.68. The molecule has 3 heteroatoms. The number of fused-ring (bicyclic) bond motifs is 7. The summed E-state index contributed by atoms with van der Waals surface area (Å²) in [5, 5.41) is 7.65. The highest BCUT2D eigenvalue weighted by molar-refractivity contribution is 8.01. The molecule has 0 bridgehead atoms. The molecule has 69 heavy (non-hydrogen) atoms. The monoisotopic (exact) mass is 918 g/mol. The third-order valence-electron chi connectivity index (χ3n) is 15.6. The maximum absolute atomic E-state index is 2.54. The summed E-state index contributed by atoms with van der Waals surface area (Å²) in [5.41, 5.74) is 17.1. The van der Waals surface area contributed by atoms with Gasteiger partial charge in [0.25, 0.3) is 0 Å². The van der Waals surface area contributed by atoms with Crippen molar-refractivity contribution in [3.8, 4) is 33.4 Å². The predicted molar refractivity (Wildman–Crippen MR) is 299 cm³/mol. The van der Waals surface area contributed by atoms with Crippen LogP contribution >= 0.6 is 23.5 Å². The minimum absolute atomic E-state index is 0.103. The van der Waals surface area contributed by atoms with Gasteiger partial charge in [-0.15, -0.1) is 0 Å². The Hall–Kier alpha value is -6.78. The molecule has 0 amide bonds. The van der Waals surface area contributed by atoms with E-state index in [1.807, 2.05) is 23.5 Å². The largest absolute Gasteiger partial charge is 0.247 e. The van der Waals surface area contributed by atoms with Gasteiger partial charge in [-0.25, -0.2) is 0 Å². The van der Waals surface area contributed by atoms with Crippen molar-refractivity contribution in [2.45, 2.75) is 70.9 Å². The Labute approximate surface area is 415 Å². The standard InChI is InChI=1S/C66H51BS2/c1-65(2,46-20-7-5-8-21-46)48-34-36-56-58(40-48)68-60-38-45(39-61-64(60)67(56)57-37-35-49(41-59(57)69-61)66(3,4)47-22-9-6-10-23-47)63-54-27-15-13-25-52(54)62(53-26-14-16-28-55(53)63)44-32-30-43(31-33-44)51-29-17-19-42-18-11-12-24-50(42)51/h5,7-9,11-41H,6,10H2,1-4H3. The van der Waals surface area contributed by atoms with Crippen molar-refractivity contribution < 1.29 is 0 Å². The van der Waals surface area contributed by atoms with Crippen LogP contribution < -0.4 is 16.4 Å². The van der Waals surface area contributed by atoms with Crippen LogP contribution in [0.2, 0.25) is 0 Å². The molecule has 0 fully saturated rings. The molecule has 0 atom stereocenters. The van der Waals surface area contributed by atoms with E-state index in [-0.39, 0.29) is 17.5 Å². The second-order valence-electron chi connectivity index (χ2n) is 20.2. The topological polar surface area (TPSA) is 0 Å². The fourth-order valence-corrected chi connectivity index (χ4v) is 14.3. The van der Waals surface area contributed by atoms with Gasteiger partial charge in [-0.05, 0) is 131 Å². The summed E-state index contributed by atoms with van der Waals surface area (Å²) in [7, 11) is 0. The Morgan fingerprint density at radius 1 is 0.406 bits per heavy atom. The van der Waals surface area contributed by atoms with Crippen LogP contribution in [0.4, 0.5) is 0 Å². The second kappa shape index (κ2) is 16.4. The molecular weight excluding hydrogens is 868 g/mol. The van der Waals surface area contributed by atoms with Crippen molar-refractivity contribution in [3.05, 3.63) is 235 Å². The molecule has 0 N–H and O–H groups in total. The van der Waals surface area contributed by atoms with E-state index in [9.17, 15) is 0 Å². The second-order valence-corrected chi connectivity index (χ2v) is 22.4. The van der Waals surface area contributed by atoms with E-state index < -0.39 is 0 Å². The Morgan fingerprint density at radius 2 is 0.928 bits per heavy atom. The van der Waals surface area contributed by atoms with E-state index in [4.69, 9.17) is 0 Å². The van der Waals surface area contributed by atoms with Crippen molar-refractivity contribution in [2.24, 2.45) is 0 Å². The molecule has 0 spiro atoms. The maximum Gasteiger partial charge on any atom is 0.247 e. The normalized spacial score (nSPS) is 14.1. The molecule has 330 valence electrons. The predicted octanol–water partition coefficient (Wildman–Crippen LogP) is 16.5. The highest BCUT2D eigenvalue weighted by atomic mass is 32.2. The molecule has 0 radical (unpaired) electrons. The van der Waals surface area contributed by atoms with E-state index in [1.54, 1.807) is 0 Å². The summed E-state index contributed by atoms with van der Waals surface area (Å²) in [6.07, 6.45) is 9.38. The molecule has 10 aromatic rings. The van der Waals surface area contributed by atoms with Crippen molar-refractivity contribution in [2.75, 3.05) is 0 Å². The van der Waals surface area contributed by atoms with Crippen molar-refractivity contribution >= 4 is 78.9 Å². The summed E-state index contributed by atoms with van der Waals surface area (Å²) in [5.74, 6) is 0. The lowest BCUT2D eigenvalue weighted by molar-refractivity contribution is 0.630. The smallest absolute Gasteiger partial charge is 0.0911 e. The zero-order valence-corrected chi connectivity index (χ0v) is 41.1. The SMILES string of the molecule is CC(C)(C1=CCCC=C1)c1ccc2c(c1)Sc1cc(-c3c4ccccc4c(-c4ccc(-c5cccc6ccccc56)cc4)c4ccccc34)cc3c1B2c1ccc(C(C)(C)c2ccccc2)cc1S3.